The van der Waals surface area contributed by atoms with E-state index in [0.717, 1.165) is 11.3 Å². The molecular weight excluding hydrogens is 334 g/mol. The van der Waals surface area contributed by atoms with E-state index in [1.165, 1.54) is 0 Å². The number of carbonyl (C=O) groups excluding carboxylic acids is 1. The van der Waals surface area contributed by atoms with Gasteiger partial charge in [-0.3, -0.25) is 4.79 Å². The molecule has 0 saturated carbocycles. The molecule has 6 heteroatoms. The van der Waals surface area contributed by atoms with Crippen molar-refractivity contribution < 1.29 is 23.7 Å². The van der Waals surface area contributed by atoms with Crippen molar-refractivity contribution in [3.63, 3.8) is 0 Å². The summed E-state index contributed by atoms with van der Waals surface area (Å²) in [5.74, 6) is -0.0301. The lowest BCUT2D eigenvalue weighted by Crippen LogP contribution is -2.41. The summed E-state index contributed by atoms with van der Waals surface area (Å²) in [7, 11) is 1.61. The van der Waals surface area contributed by atoms with Gasteiger partial charge in [-0.15, -0.1) is 0 Å². The van der Waals surface area contributed by atoms with Crippen LogP contribution in [0.15, 0.2) is 48.5 Å². The number of nitrogens with zero attached hydrogens (tertiary/aromatic N) is 1. The van der Waals surface area contributed by atoms with Crippen molar-refractivity contribution in [3.05, 3.63) is 54.1 Å². The second-order valence-electron chi connectivity index (χ2n) is 6.14. The molecule has 2 aliphatic heterocycles. The Morgan fingerprint density at radius 1 is 1.04 bits per heavy atom. The first-order valence-electron chi connectivity index (χ1n) is 8.71. The zero-order valence-electron chi connectivity index (χ0n) is 14.6. The summed E-state index contributed by atoms with van der Waals surface area (Å²) in [5, 5.41) is 0. The van der Waals surface area contributed by atoms with Gasteiger partial charge in [0.25, 0.3) is 11.7 Å². The van der Waals surface area contributed by atoms with Gasteiger partial charge in [-0.25, -0.2) is 0 Å². The maximum atomic E-state index is 13.0. The Kier molecular flexibility index (Phi) is 4.53. The SMILES string of the molecule is COc1ccccc1OCCCN1C(=O)C2(OCCO2)c2ccccc21. The first-order valence-corrected chi connectivity index (χ1v) is 8.71. The average Bonchev–Trinajstić information content (AvgIpc) is 3.26. The molecule has 2 aromatic carbocycles. The first kappa shape index (κ1) is 16.9. The fraction of sp³-hybridized carbons (Fsp3) is 0.350. The molecule has 0 unspecified atom stereocenters. The zero-order valence-corrected chi connectivity index (χ0v) is 14.6. The second kappa shape index (κ2) is 6.97. The van der Waals surface area contributed by atoms with E-state index >= 15 is 0 Å². The van der Waals surface area contributed by atoms with Crippen LogP contribution in [0.4, 0.5) is 5.69 Å². The van der Waals surface area contributed by atoms with E-state index in [4.69, 9.17) is 18.9 Å². The van der Waals surface area contributed by atoms with Crippen molar-refractivity contribution in [2.75, 3.05) is 38.4 Å². The smallest absolute Gasteiger partial charge is 0.292 e. The summed E-state index contributed by atoms with van der Waals surface area (Å²) in [6.07, 6.45) is 0.675. The molecule has 0 radical (unpaired) electrons. The Hall–Kier alpha value is -2.57. The lowest BCUT2D eigenvalue weighted by atomic mass is 10.1. The second-order valence-corrected chi connectivity index (χ2v) is 6.14. The van der Waals surface area contributed by atoms with Crippen LogP contribution < -0.4 is 14.4 Å². The Bertz CT molecular complexity index is 800. The topological polar surface area (TPSA) is 57.2 Å². The minimum atomic E-state index is -1.26. The first-order chi connectivity index (χ1) is 12.8. The van der Waals surface area contributed by atoms with Crippen LogP contribution in [0, 0.1) is 0 Å². The van der Waals surface area contributed by atoms with Crippen LogP contribution in [0.5, 0.6) is 11.5 Å². The molecule has 0 aliphatic carbocycles. The highest BCUT2D eigenvalue weighted by atomic mass is 16.7. The molecule has 1 spiro atoms. The monoisotopic (exact) mass is 355 g/mol. The van der Waals surface area contributed by atoms with Crippen LogP contribution in [0.2, 0.25) is 0 Å². The minimum Gasteiger partial charge on any atom is -0.493 e. The normalized spacial score (nSPS) is 17.6. The van der Waals surface area contributed by atoms with Crippen molar-refractivity contribution in [2.24, 2.45) is 0 Å². The van der Waals surface area contributed by atoms with E-state index in [-0.39, 0.29) is 5.91 Å². The molecule has 6 nitrogen and oxygen atoms in total. The summed E-state index contributed by atoms with van der Waals surface area (Å²) in [5.41, 5.74) is 1.63. The van der Waals surface area contributed by atoms with Crippen molar-refractivity contribution in [1.29, 1.82) is 0 Å². The Balaban J connectivity index is 1.43. The van der Waals surface area contributed by atoms with E-state index in [1.54, 1.807) is 12.0 Å². The minimum absolute atomic E-state index is 0.159. The number of hydrogen-bond acceptors (Lipinski definition) is 5. The van der Waals surface area contributed by atoms with Gasteiger partial charge in [0.2, 0.25) is 0 Å². The molecule has 2 aliphatic rings. The van der Waals surface area contributed by atoms with Crippen LogP contribution in [-0.2, 0) is 20.1 Å². The van der Waals surface area contributed by atoms with Gasteiger partial charge >= 0.3 is 0 Å². The van der Waals surface area contributed by atoms with Gasteiger partial charge in [0.1, 0.15) is 0 Å². The fourth-order valence-corrected chi connectivity index (χ4v) is 3.45. The van der Waals surface area contributed by atoms with Crippen LogP contribution in [0.3, 0.4) is 0 Å². The third kappa shape index (κ3) is 2.71. The highest BCUT2D eigenvalue weighted by Crippen LogP contribution is 2.45. The summed E-state index contributed by atoms with van der Waals surface area (Å²) in [6.45, 7) is 1.84. The summed E-state index contributed by atoms with van der Waals surface area (Å²) < 4.78 is 22.5. The van der Waals surface area contributed by atoms with Gasteiger partial charge in [-0.2, -0.15) is 0 Å². The number of ether oxygens (including phenoxy) is 4. The molecule has 2 heterocycles. The number of rotatable bonds is 6. The highest BCUT2D eigenvalue weighted by molar-refractivity contribution is 6.06. The van der Waals surface area contributed by atoms with E-state index in [0.29, 0.717) is 44.3 Å². The van der Waals surface area contributed by atoms with Crippen molar-refractivity contribution >= 4 is 11.6 Å². The summed E-state index contributed by atoms with van der Waals surface area (Å²) in [6, 6.07) is 15.1. The average molecular weight is 355 g/mol. The van der Waals surface area contributed by atoms with Crippen molar-refractivity contribution in [2.45, 2.75) is 12.2 Å². The maximum absolute atomic E-state index is 13.0. The van der Waals surface area contributed by atoms with Crippen molar-refractivity contribution in [3.8, 4) is 11.5 Å². The number of anilines is 1. The number of para-hydroxylation sites is 3. The Labute approximate surface area is 152 Å². The van der Waals surface area contributed by atoms with Crippen molar-refractivity contribution in [1.82, 2.24) is 0 Å². The van der Waals surface area contributed by atoms with Crippen LogP contribution >= 0.6 is 0 Å². The molecule has 136 valence electrons. The predicted molar refractivity (Wildman–Crippen MR) is 95.5 cm³/mol. The lowest BCUT2D eigenvalue weighted by molar-refractivity contribution is -0.180. The van der Waals surface area contributed by atoms with E-state index in [1.807, 2.05) is 48.5 Å². The van der Waals surface area contributed by atoms with E-state index < -0.39 is 5.79 Å². The predicted octanol–water partition coefficient (Wildman–Crippen LogP) is 2.71. The molecule has 26 heavy (non-hydrogen) atoms. The number of fused-ring (bicyclic) bond motifs is 2. The van der Waals surface area contributed by atoms with Gasteiger partial charge in [0.05, 0.1) is 32.6 Å². The van der Waals surface area contributed by atoms with Gasteiger partial charge in [-0.1, -0.05) is 30.3 Å². The third-order valence-electron chi connectivity index (χ3n) is 4.62. The number of amides is 1. The van der Waals surface area contributed by atoms with Gasteiger partial charge < -0.3 is 23.8 Å². The molecule has 0 N–H and O–H groups in total. The quantitative estimate of drug-likeness (QED) is 0.746. The number of benzene rings is 2. The summed E-state index contributed by atoms with van der Waals surface area (Å²) >= 11 is 0. The Morgan fingerprint density at radius 2 is 1.73 bits per heavy atom. The molecular formula is C20H21NO5. The van der Waals surface area contributed by atoms with Gasteiger partial charge in [0, 0.05) is 12.1 Å². The summed E-state index contributed by atoms with van der Waals surface area (Å²) in [4.78, 5) is 14.7. The lowest BCUT2D eigenvalue weighted by Gasteiger charge is -2.22. The van der Waals surface area contributed by atoms with E-state index in [2.05, 4.69) is 0 Å². The molecule has 1 amide bonds. The van der Waals surface area contributed by atoms with Gasteiger partial charge in [0.15, 0.2) is 11.5 Å². The fourth-order valence-electron chi connectivity index (χ4n) is 3.45. The van der Waals surface area contributed by atoms with Gasteiger partial charge in [-0.05, 0) is 24.6 Å². The largest absolute Gasteiger partial charge is 0.493 e. The number of methoxy groups -OCH3 is 1. The standard InChI is InChI=1S/C20H21NO5/c1-23-17-9-4-5-10-18(17)24-12-6-11-21-16-8-3-2-7-15(16)20(19(21)22)25-13-14-26-20/h2-5,7-10H,6,11-14H2,1H3. The molecule has 4 rings (SSSR count). The van der Waals surface area contributed by atoms with Crippen LogP contribution in [0.1, 0.15) is 12.0 Å². The third-order valence-corrected chi connectivity index (χ3v) is 4.62. The Morgan fingerprint density at radius 3 is 2.50 bits per heavy atom. The van der Waals surface area contributed by atoms with Crippen LogP contribution in [0.25, 0.3) is 0 Å². The highest BCUT2D eigenvalue weighted by Gasteiger charge is 2.55. The molecule has 1 fully saturated rings. The molecule has 0 aromatic heterocycles. The maximum Gasteiger partial charge on any atom is 0.292 e. The van der Waals surface area contributed by atoms with Crippen LogP contribution in [-0.4, -0.2) is 39.4 Å². The number of carbonyl (C=O) groups is 1. The molecule has 0 bridgehead atoms. The number of hydrogen-bond donors (Lipinski definition) is 0. The molecule has 0 atom stereocenters. The zero-order chi connectivity index (χ0) is 18.0. The molecule has 2 aromatic rings. The molecule has 1 saturated heterocycles. The van der Waals surface area contributed by atoms with E-state index in [9.17, 15) is 4.79 Å².